The molecule has 1 unspecified atom stereocenters. The lowest BCUT2D eigenvalue weighted by Crippen LogP contribution is -2.21. The van der Waals surface area contributed by atoms with Crippen molar-refractivity contribution < 1.29 is 23.7 Å². The summed E-state index contributed by atoms with van der Waals surface area (Å²) in [4.78, 5) is 12.6. The Bertz CT molecular complexity index is 1570. The van der Waals surface area contributed by atoms with Crippen LogP contribution in [0.4, 0.5) is 0 Å². The van der Waals surface area contributed by atoms with E-state index in [-0.39, 0.29) is 11.6 Å². The standard InChI is InChI=1S/C31H23ClN2O5/c1-36-23-10-6-21(7-11-23)31(35)38-25-14-15-26-28(16-25)39-30(34)27(17-33)29(26)20-4-12-24(13-5-20)37-18-19-2-8-22(32)9-3-19/h2-16,29H,18,34H2,1H3. The Kier molecular flexibility index (Phi) is 7.39. The normalized spacial score (nSPS) is 14.0. The van der Waals surface area contributed by atoms with E-state index in [4.69, 9.17) is 36.3 Å². The largest absolute Gasteiger partial charge is 0.497 e. The maximum absolute atomic E-state index is 12.6. The zero-order chi connectivity index (χ0) is 27.4. The van der Waals surface area contributed by atoms with Crippen molar-refractivity contribution in [2.24, 2.45) is 5.73 Å². The topological polar surface area (TPSA) is 104 Å². The first kappa shape index (κ1) is 25.7. The number of allylic oxidation sites excluding steroid dienone is 1. The predicted molar refractivity (Wildman–Crippen MR) is 146 cm³/mol. The Hall–Kier alpha value is -4.93. The van der Waals surface area contributed by atoms with E-state index in [2.05, 4.69) is 6.07 Å². The highest BCUT2D eigenvalue weighted by Crippen LogP contribution is 2.43. The van der Waals surface area contributed by atoms with Gasteiger partial charge in [-0.3, -0.25) is 0 Å². The average molecular weight is 539 g/mol. The molecule has 39 heavy (non-hydrogen) atoms. The van der Waals surface area contributed by atoms with Gasteiger partial charge in [-0.25, -0.2) is 4.79 Å². The first-order valence-electron chi connectivity index (χ1n) is 12.0. The molecular formula is C31H23ClN2O5. The van der Waals surface area contributed by atoms with Gasteiger partial charge in [0.25, 0.3) is 0 Å². The monoisotopic (exact) mass is 538 g/mol. The van der Waals surface area contributed by atoms with E-state index >= 15 is 0 Å². The second kappa shape index (κ2) is 11.2. The third-order valence-electron chi connectivity index (χ3n) is 6.26. The molecule has 2 N–H and O–H groups in total. The molecule has 0 saturated carbocycles. The molecule has 4 aromatic carbocycles. The summed E-state index contributed by atoms with van der Waals surface area (Å²) in [6.07, 6.45) is 0. The van der Waals surface area contributed by atoms with Crippen molar-refractivity contribution in [3.8, 4) is 29.1 Å². The summed E-state index contributed by atoms with van der Waals surface area (Å²) in [6.45, 7) is 0.394. The minimum atomic E-state index is -0.527. The summed E-state index contributed by atoms with van der Waals surface area (Å²) >= 11 is 5.94. The Morgan fingerprint density at radius 2 is 1.62 bits per heavy atom. The summed E-state index contributed by atoms with van der Waals surface area (Å²) in [5.41, 5.74) is 9.35. The van der Waals surface area contributed by atoms with Crippen LogP contribution in [0.1, 0.15) is 33.0 Å². The lowest BCUT2D eigenvalue weighted by Gasteiger charge is -2.26. The van der Waals surface area contributed by atoms with E-state index < -0.39 is 11.9 Å². The highest BCUT2D eigenvalue weighted by molar-refractivity contribution is 6.30. The van der Waals surface area contributed by atoms with E-state index in [0.717, 1.165) is 16.7 Å². The quantitative estimate of drug-likeness (QED) is 0.215. The highest BCUT2D eigenvalue weighted by atomic mass is 35.5. The number of ether oxygens (including phenoxy) is 4. The molecule has 0 aromatic heterocycles. The van der Waals surface area contributed by atoms with Gasteiger partial charge in [0.15, 0.2) is 0 Å². The zero-order valence-electron chi connectivity index (χ0n) is 20.9. The van der Waals surface area contributed by atoms with Crippen molar-refractivity contribution in [2.75, 3.05) is 7.11 Å². The van der Waals surface area contributed by atoms with Gasteiger partial charge in [-0.15, -0.1) is 0 Å². The maximum Gasteiger partial charge on any atom is 0.343 e. The van der Waals surface area contributed by atoms with Crippen molar-refractivity contribution in [2.45, 2.75) is 12.5 Å². The first-order valence-corrected chi connectivity index (χ1v) is 12.4. The van der Waals surface area contributed by atoms with Crippen LogP contribution >= 0.6 is 11.6 Å². The lowest BCUT2D eigenvalue weighted by molar-refractivity contribution is 0.0734. The molecule has 0 bridgehead atoms. The minimum absolute atomic E-state index is 0.00306. The lowest BCUT2D eigenvalue weighted by atomic mass is 9.83. The van der Waals surface area contributed by atoms with Gasteiger partial charge in [0.2, 0.25) is 5.88 Å². The molecule has 0 aliphatic carbocycles. The SMILES string of the molecule is COc1ccc(C(=O)Oc2ccc3c(c2)OC(N)=C(C#N)C3c2ccc(OCc3ccc(Cl)cc3)cc2)cc1. The van der Waals surface area contributed by atoms with Crippen LogP contribution in [-0.2, 0) is 6.61 Å². The summed E-state index contributed by atoms with van der Waals surface area (Å²) in [7, 11) is 1.55. The second-order valence-corrected chi connectivity index (χ2v) is 9.16. The molecule has 0 spiro atoms. The second-order valence-electron chi connectivity index (χ2n) is 8.73. The van der Waals surface area contributed by atoms with Crippen LogP contribution in [0.5, 0.6) is 23.0 Å². The summed E-state index contributed by atoms with van der Waals surface area (Å²) in [6, 6.07) is 28.7. The molecule has 0 saturated heterocycles. The summed E-state index contributed by atoms with van der Waals surface area (Å²) < 4.78 is 22.3. The number of hydrogen-bond acceptors (Lipinski definition) is 7. The summed E-state index contributed by atoms with van der Waals surface area (Å²) in [5, 5.41) is 10.5. The van der Waals surface area contributed by atoms with Crippen LogP contribution in [0.25, 0.3) is 0 Å². The van der Waals surface area contributed by atoms with Crippen LogP contribution < -0.4 is 24.7 Å². The van der Waals surface area contributed by atoms with Crippen LogP contribution in [0.15, 0.2) is 102 Å². The number of nitrogens with zero attached hydrogens (tertiary/aromatic N) is 1. The van der Waals surface area contributed by atoms with Gasteiger partial charge in [-0.05, 0) is 65.7 Å². The minimum Gasteiger partial charge on any atom is -0.497 e. The van der Waals surface area contributed by atoms with Crippen molar-refractivity contribution in [1.82, 2.24) is 0 Å². The molecular weight excluding hydrogens is 516 g/mol. The fourth-order valence-corrected chi connectivity index (χ4v) is 4.36. The average Bonchev–Trinajstić information content (AvgIpc) is 2.96. The van der Waals surface area contributed by atoms with Gasteiger partial charge in [-0.1, -0.05) is 41.9 Å². The molecule has 4 aromatic rings. The van der Waals surface area contributed by atoms with E-state index in [1.165, 1.54) is 0 Å². The van der Waals surface area contributed by atoms with Gasteiger partial charge in [0.05, 0.1) is 18.6 Å². The molecule has 1 heterocycles. The molecule has 194 valence electrons. The third-order valence-corrected chi connectivity index (χ3v) is 6.51. The zero-order valence-corrected chi connectivity index (χ0v) is 21.6. The number of halogens is 1. The molecule has 1 aliphatic heterocycles. The van der Waals surface area contributed by atoms with Crippen LogP contribution in [-0.4, -0.2) is 13.1 Å². The fourth-order valence-electron chi connectivity index (χ4n) is 4.24. The van der Waals surface area contributed by atoms with Gasteiger partial charge >= 0.3 is 5.97 Å². The maximum atomic E-state index is 12.6. The number of methoxy groups -OCH3 is 1. The van der Waals surface area contributed by atoms with Crippen LogP contribution in [0.3, 0.4) is 0 Å². The molecule has 1 aliphatic rings. The van der Waals surface area contributed by atoms with Crippen molar-refractivity contribution in [3.63, 3.8) is 0 Å². The van der Waals surface area contributed by atoms with Crippen molar-refractivity contribution >= 4 is 17.6 Å². The number of benzene rings is 4. The van der Waals surface area contributed by atoms with Gasteiger partial charge in [0.1, 0.15) is 41.2 Å². The Morgan fingerprint density at radius 1 is 0.949 bits per heavy atom. The van der Waals surface area contributed by atoms with Gasteiger partial charge in [-0.2, -0.15) is 5.26 Å². The first-order chi connectivity index (χ1) is 18.9. The number of rotatable bonds is 7. The summed E-state index contributed by atoms with van der Waals surface area (Å²) in [5.74, 6) is 1.01. The number of esters is 1. The van der Waals surface area contributed by atoms with Gasteiger partial charge < -0.3 is 24.7 Å². The molecule has 0 fully saturated rings. The number of fused-ring (bicyclic) bond motifs is 1. The number of nitriles is 1. The molecule has 8 heteroatoms. The molecule has 7 nitrogen and oxygen atoms in total. The Labute approximate surface area is 230 Å². The predicted octanol–water partition coefficient (Wildman–Crippen LogP) is 6.36. The number of carbonyl (C=O) groups is 1. The molecule has 5 rings (SSSR count). The van der Waals surface area contributed by atoms with Crippen molar-refractivity contribution in [3.05, 3.63) is 130 Å². The Morgan fingerprint density at radius 3 is 2.28 bits per heavy atom. The Balaban J connectivity index is 1.36. The van der Waals surface area contributed by atoms with Gasteiger partial charge in [0, 0.05) is 16.7 Å². The van der Waals surface area contributed by atoms with E-state index in [0.29, 0.717) is 40.0 Å². The smallest absolute Gasteiger partial charge is 0.343 e. The number of nitrogens with two attached hydrogens (primary N) is 1. The van der Waals surface area contributed by atoms with E-state index in [1.807, 2.05) is 48.5 Å². The van der Waals surface area contributed by atoms with Crippen LogP contribution in [0.2, 0.25) is 5.02 Å². The number of hydrogen-bond donors (Lipinski definition) is 1. The molecule has 1 atom stereocenters. The van der Waals surface area contributed by atoms with Crippen molar-refractivity contribution in [1.29, 1.82) is 5.26 Å². The molecule has 0 amide bonds. The van der Waals surface area contributed by atoms with E-state index in [1.54, 1.807) is 49.6 Å². The molecule has 0 radical (unpaired) electrons. The highest BCUT2D eigenvalue weighted by Gasteiger charge is 2.31. The van der Waals surface area contributed by atoms with Crippen LogP contribution in [0, 0.1) is 11.3 Å². The van der Waals surface area contributed by atoms with E-state index in [9.17, 15) is 10.1 Å². The number of carbonyl (C=O) groups excluding carboxylic acids is 1. The third kappa shape index (κ3) is 5.66. The fraction of sp³-hybridized carbons (Fsp3) is 0.0968.